The highest BCUT2D eigenvalue weighted by Gasteiger charge is 2.17. The first-order valence-corrected chi connectivity index (χ1v) is 8.90. The Hall–Kier alpha value is -1.24. The van der Waals surface area contributed by atoms with Crippen LogP contribution in [0.5, 0.6) is 6.01 Å². The number of aromatic nitrogens is 3. The van der Waals surface area contributed by atoms with Gasteiger partial charge in [0.1, 0.15) is 0 Å². The highest BCUT2D eigenvalue weighted by molar-refractivity contribution is 7.98. The maximum absolute atomic E-state index is 5.57. The summed E-state index contributed by atoms with van der Waals surface area (Å²) in [5.74, 6) is 2.27. The van der Waals surface area contributed by atoms with Gasteiger partial charge in [-0.05, 0) is 26.0 Å². The summed E-state index contributed by atoms with van der Waals surface area (Å²) in [4.78, 5) is 15.3. The van der Waals surface area contributed by atoms with Crippen LogP contribution in [0.4, 0.5) is 11.9 Å². The van der Waals surface area contributed by atoms with E-state index in [2.05, 4.69) is 45.3 Å². The van der Waals surface area contributed by atoms with Gasteiger partial charge in [0, 0.05) is 25.4 Å². The summed E-state index contributed by atoms with van der Waals surface area (Å²) in [5, 5.41) is 3.13. The Morgan fingerprint density at radius 2 is 2.00 bits per heavy atom. The Labute approximate surface area is 132 Å². The molecule has 0 bridgehead atoms. The van der Waals surface area contributed by atoms with Gasteiger partial charge >= 0.3 is 6.01 Å². The van der Waals surface area contributed by atoms with Crippen molar-refractivity contribution < 1.29 is 4.74 Å². The Morgan fingerprint density at radius 3 is 2.57 bits per heavy atom. The quantitative estimate of drug-likeness (QED) is 0.712. The van der Waals surface area contributed by atoms with E-state index in [-0.39, 0.29) is 0 Å². The summed E-state index contributed by atoms with van der Waals surface area (Å²) in [5.41, 5.74) is 0. The monoisotopic (exact) mass is 313 g/mol. The van der Waals surface area contributed by atoms with E-state index in [1.807, 2.05) is 25.7 Å². The van der Waals surface area contributed by atoms with Crippen molar-refractivity contribution in [2.24, 2.45) is 0 Å². The molecule has 0 aliphatic carbocycles. The minimum absolute atomic E-state index is 0.392. The first-order valence-electron chi connectivity index (χ1n) is 7.50. The van der Waals surface area contributed by atoms with Crippen molar-refractivity contribution >= 4 is 23.7 Å². The predicted octanol–water partition coefficient (Wildman–Crippen LogP) is 2.67. The van der Waals surface area contributed by atoms with Gasteiger partial charge in [-0.2, -0.15) is 26.7 Å². The smallest absolute Gasteiger partial charge is 0.323 e. The van der Waals surface area contributed by atoms with Crippen LogP contribution < -0.4 is 15.0 Å². The normalized spacial score (nSPS) is 12.0. The third-order valence-electron chi connectivity index (χ3n) is 3.07. The van der Waals surface area contributed by atoms with Crippen molar-refractivity contribution in [3.63, 3.8) is 0 Å². The van der Waals surface area contributed by atoms with E-state index in [4.69, 9.17) is 4.74 Å². The van der Waals surface area contributed by atoms with E-state index >= 15 is 0 Å². The summed E-state index contributed by atoms with van der Waals surface area (Å²) < 4.78 is 5.57. The fraction of sp³-hybridized carbons (Fsp3) is 0.786. The third kappa shape index (κ3) is 5.57. The van der Waals surface area contributed by atoms with E-state index in [9.17, 15) is 0 Å². The second kappa shape index (κ2) is 9.65. The first kappa shape index (κ1) is 17.8. The molecule has 0 radical (unpaired) electrons. The molecule has 6 nitrogen and oxygen atoms in total. The minimum atomic E-state index is 0.392. The van der Waals surface area contributed by atoms with Crippen LogP contribution in [0.25, 0.3) is 0 Å². The van der Waals surface area contributed by atoms with E-state index in [0.29, 0.717) is 30.6 Å². The van der Waals surface area contributed by atoms with Crippen LogP contribution in [0.15, 0.2) is 0 Å². The minimum Gasteiger partial charge on any atom is -0.463 e. The summed E-state index contributed by atoms with van der Waals surface area (Å²) in [6.07, 6.45) is 4.09. The molecular weight excluding hydrogens is 286 g/mol. The lowest BCUT2D eigenvalue weighted by Crippen LogP contribution is -2.34. The van der Waals surface area contributed by atoms with Gasteiger partial charge in [-0.3, -0.25) is 0 Å². The molecule has 0 spiro atoms. The van der Waals surface area contributed by atoms with Gasteiger partial charge < -0.3 is 15.0 Å². The van der Waals surface area contributed by atoms with Gasteiger partial charge in [-0.1, -0.05) is 13.8 Å². The molecule has 0 saturated heterocycles. The maximum Gasteiger partial charge on any atom is 0.323 e. The number of ether oxygens (including phenoxy) is 1. The van der Waals surface area contributed by atoms with Crippen LogP contribution in [0, 0.1) is 0 Å². The molecular formula is C14H27N5OS. The van der Waals surface area contributed by atoms with E-state index in [1.54, 1.807) is 0 Å². The van der Waals surface area contributed by atoms with Crippen molar-refractivity contribution in [1.82, 2.24) is 15.0 Å². The number of anilines is 2. The molecule has 7 heteroatoms. The molecule has 0 aromatic carbocycles. The van der Waals surface area contributed by atoms with Crippen molar-refractivity contribution in [3.8, 4) is 6.01 Å². The lowest BCUT2D eigenvalue weighted by molar-refractivity contribution is 0.291. The Balaban J connectivity index is 2.99. The highest BCUT2D eigenvalue weighted by atomic mass is 32.2. The lowest BCUT2D eigenvalue weighted by Gasteiger charge is -2.27. The molecule has 0 fully saturated rings. The van der Waals surface area contributed by atoms with Crippen molar-refractivity contribution in [1.29, 1.82) is 0 Å². The number of hydrogen-bond donors (Lipinski definition) is 1. The molecule has 120 valence electrons. The van der Waals surface area contributed by atoms with Gasteiger partial charge in [0.15, 0.2) is 0 Å². The molecule has 1 unspecified atom stereocenters. The molecule has 1 N–H and O–H groups in total. The molecule has 1 aromatic rings. The summed E-state index contributed by atoms with van der Waals surface area (Å²) >= 11 is 1.83. The van der Waals surface area contributed by atoms with E-state index in [0.717, 1.165) is 25.1 Å². The third-order valence-corrected chi connectivity index (χ3v) is 3.78. The van der Waals surface area contributed by atoms with Gasteiger partial charge in [-0.25, -0.2) is 0 Å². The Morgan fingerprint density at radius 1 is 1.24 bits per heavy atom. The number of rotatable bonds is 10. The largest absolute Gasteiger partial charge is 0.463 e. The van der Waals surface area contributed by atoms with Gasteiger partial charge in [-0.15, -0.1) is 0 Å². The van der Waals surface area contributed by atoms with E-state index in [1.165, 1.54) is 0 Å². The number of thioether (sulfide) groups is 1. The average molecular weight is 313 g/mol. The summed E-state index contributed by atoms with van der Waals surface area (Å²) in [7, 11) is 2.03. The van der Waals surface area contributed by atoms with Gasteiger partial charge in [0.25, 0.3) is 0 Å². The van der Waals surface area contributed by atoms with Crippen molar-refractivity contribution in [2.45, 2.75) is 39.7 Å². The molecule has 0 saturated carbocycles. The van der Waals surface area contributed by atoms with Crippen LogP contribution in [-0.2, 0) is 0 Å². The number of nitrogens with one attached hydrogen (secondary N) is 1. The zero-order chi connectivity index (χ0) is 15.7. The van der Waals surface area contributed by atoms with Crippen LogP contribution in [0.3, 0.4) is 0 Å². The fourth-order valence-corrected chi connectivity index (χ4v) is 2.70. The summed E-state index contributed by atoms with van der Waals surface area (Å²) in [6.45, 7) is 7.63. The second-order valence-electron chi connectivity index (χ2n) is 4.75. The molecule has 1 rings (SSSR count). The molecule has 1 aromatic heterocycles. The van der Waals surface area contributed by atoms with Crippen LogP contribution in [0.2, 0.25) is 0 Å². The lowest BCUT2D eigenvalue weighted by atomic mass is 10.2. The molecule has 1 atom stereocenters. The summed E-state index contributed by atoms with van der Waals surface area (Å²) in [6, 6.07) is 0.791. The molecule has 0 aliphatic heterocycles. The highest BCUT2D eigenvalue weighted by Crippen LogP contribution is 2.18. The van der Waals surface area contributed by atoms with Crippen molar-refractivity contribution in [2.75, 3.05) is 42.4 Å². The van der Waals surface area contributed by atoms with E-state index < -0.39 is 0 Å². The predicted molar refractivity (Wildman–Crippen MR) is 90.6 cm³/mol. The maximum atomic E-state index is 5.57. The zero-order valence-corrected chi connectivity index (χ0v) is 14.5. The Kier molecular flexibility index (Phi) is 8.19. The molecule has 21 heavy (non-hydrogen) atoms. The topological polar surface area (TPSA) is 63.2 Å². The average Bonchev–Trinajstić information content (AvgIpc) is 2.50. The fourth-order valence-electron chi connectivity index (χ4n) is 1.86. The SMILES string of the molecule is CCCOc1nc(NCC)nc(N(C)C(CC)CSC)n1. The number of nitrogens with zero attached hydrogens (tertiary/aromatic N) is 4. The molecule has 1 heterocycles. The zero-order valence-electron chi connectivity index (χ0n) is 13.7. The standard InChI is InChI=1S/C14H27N5OS/c1-6-9-20-14-17-12(15-8-3)16-13(18-14)19(4)11(7-2)10-21-5/h11H,6-10H2,1-5H3,(H,15,16,17,18). The van der Waals surface area contributed by atoms with Crippen LogP contribution >= 0.6 is 11.8 Å². The van der Waals surface area contributed by atoms with Crippen LogP contribution in [0.1, 0.15) is 33.6 Å². The number of hydrogen-bond acceptors (Lipinski definition) is 7. The molecule has 0 amide bonds. The van der Waals surface area contributed by atoms with Crippen LogP contribution in [-0.4, -0.2) is 53.2 Å². The Bertz CT molecular complexity index is 418. The second-order valence-corrected chi connectivity index (χ2v) is 5.66. The molecule has 0 aliphatic rings. The van der Waals surface area contributed by atoms with Crippen molar-refractivity contribution in [3.05, 3.63) is 0 Å². The van der Waals surface area contributed by atoms with Gasteiger partial charge in [0.2, 0.25) is 11.9 Å². The first-order chi connectivity index (χ1) is 10.2. The van der Waals surface area contributed by atoms with Gasteiger partial charge in [0.05, 0.1) is 6.61 Å².